The molecule has 0 saturated carbocycles. The number of carbonyl (C=O) groups excluding carboxylic acids is 1. The predicted octanol–water partition coefficient (Wildman–Crippen LogP) is 2.47. The Labute approximate surface area is 111 Å². The highest BCUT2D eigenvalue weighted by Crippen LogP contribution is 2.34. The standard InChI is InChI=1S/C15H16O4/c1-18-14(16)9-10-15(17,13-8-5-11-19-13)12-6-3-2-4-7-12/h2-8,11,17H,9-10H2,1H3. The van der Waals surface area contributed by atoms with Crippen molar-refractivity contribution in [2.75, 3.05) is 7.11 Å². The lowest BCUT2D eigenvalue weighted by molar-refractivity contribution is -0.141. The summed E-state index contributed by atoms with van der Waals surface area (Å²) in [7, 11) is 1.33. The Morgan fingerprint density at radius 2 is 2.00 bits per heavy atom. The van der Waals surface area contributed by atoms with Crippen LogP contribution in [-0.2, 0) is 15.1 Å². The fourth-order valence-corrected chi connectivity index (χ4v) is 2.02. The number of carbonyl (C=O) groups is 1. The zero-order valence-corrected chi connectivity index (χ0v) is 10.7. The SMILES string of the molecule is COC(=O)CCC(O)(c1ccccc1)c1ccco1. The van der Waals surface area contributed by atoms with Crippen molar-refractivity contribution in [1.82, 2.24) is 0 Å². The number of hydrogen-bond donors (Lipinski definition) is 1. The number of rotatable bonds is 5. The van der Waals surface area contributed by atoms with Crippen LogP contribution in [0.25, 0.3) is 0 Å². The number of aliphatic hydroxyl groups is 1. The number of ether oxygens (including phenoxy) is 1. The highest BCUT2D eigenvalue weighted by molar-refractivity contribution is 5.69. The predicted molar refractivity (Wildman–Crippen MR) is 69.4 cm³/mol. The summed E-state index contributed by atoms with van der Waals surface area (Å²) in [4.78, 5) is 11.3. The van der Waals surface area contributed by atoms with Gasteiger partial charge in [0.05, 0.1) is 13.4 Å². The number of furan rings is 1. The molecule has 0 saturated heterocycles. The van der Waals surface area contributed by atoms with Crippen molar-refractivity contribution in [3.05, 3.63) is 60.1 Å². The number of hydrogen-bond acceptors (Lipinski definition) is 4. The molecule has 4 heteroatoms. The van der Waals surface area contributed by atoms with E-state index >= 15 is 0 Å². The first-order valence-corrected chi connectivity index (χ1v) is 6.05. The second kappa shape index (κ2) is 5.71. The van der Waals surface area contributed by atoms with E-state index < -0.39 is 5.60 Å². The summed E-state index contributed by atoms with van der Waals surface area (Å²) in [5.41, 5.74) is -0.632. The summed E-state index contributed by atoms with van der Waals surface area (Å²) in [5, 5.41) is 10.9. The molecule has 0 aliphatic rings. The topological polar surface area (TPSA) is 59.7 Å². The summed E-state index contributed by atoms with van der Waals surface area (Å²) in [6.45, 7) is 0. The Bertz CT molecular complexity index is 518. The van der Waals surface area contributed by atoms with Crippen LogP contribution < -0.4 is 0 Å². The average molecular weight is 260 g/mol. The monoisotopic (exact) mass is 260 g/mol. The summed E-state index contributed by atoms with van der Waals surface area (Å²) in [6, 6.07) is 12.6. The largest absolute Gasteiger partial charge is 0.469 e. The van der Waals surface area contributed by atoms with Crippen LogP contribution in [0.1, 0.15) is 24.2 Å². The van der Waals surface area contributed by atoms with Crippen LogP contribution in [0.5, 0.6) is 0 Å². The molecule has 0 amide bonds. The summed E-state index contributed by atoms with van der Waals surface area (Å²) in [6.07, 6.45) is 1.82. The normalized spacial score (nSPS) is 13.8. The van der Waals surface area contributed by atoms with Gasteiger partial charge in [-0.1, -0.05) is 30.3 Å². The van der Waals surface area contributed by atoms with E-state index in [0.29, 0.717) is 11.3 Å². The van der Waals surface area contributed by atoms with Gasteiger partial charge in [-0.05, 0) is 24.1 Å². The van der Waals surface area contributed by atoms with Gasteiger partial charge in [-0.2, -0.15) is 0 Å². The zero-order valence-electron chi connectivity index (χ0n) is 10.7. The third kappa shape index (κ3) is 2.85. The van der Waals surface area contributed by atoms with E-state index in [1.165, 1.54) is 13.4 Å². The summed E-state index contributed by atoms with van der Waals surface area (Å²) in [5.74, 6) is 0.0588. The Morgan fingerprint density at radius 3 is 2.58 bits per heavy atom. The van der Waals surface area contributed by atoms with Crippen LogP contribution in [-0.4, -0.2) is 18.2 Å². The van der Waals surface area contributed by atoms with Gasteiger partial charge in [-0.25, -0.2) is 0 Å². The maximum Gasteiger partial charge on any atom is 0.305 e. The van der Waals surface area contributed by atoms with Gasteiger partial charge in [0.1, 0.15) is 11.4 Å². The molecule has 2 rings (SSSR count). The van der Waals surface area contributed by atoms with Gasteiger partial charge in [-0.3, -0.25) is 4.79 Å². The molecule has 1 heterocycles. The third-order valence-electron chi connectivity index (χ3n) is 3.10. The number of methoxy groups -OCH3 is 1. The van der Waals surface area contributed by atoms with E-state index in [9.17, 15) is 9.90 Å². The molecule has 4 nitrogen and oxygen atoms in total. The van der Waals surface area contributed by atoms with Gasteiger partial charge in [0.15, 0.2) is 0 Å². The Kier molecular flexibility index (Phi) is 4.02. The molecule has 1 atom stereocenters. The van der Waals surface area contributed by atoms with Crippen LogP contribution in [0.3, 0.4) is 0 Å². The van der Waals surface area contributed by atoms with Crippen molar-refractivity contribution >= 4 is 5.97 Å². The molecule has 19 heavy (non-hydrogen) atoms. The van der Waals surface area contributed by atoms with E-state index in [4.69, 9.17) is 4.42 Å². The quantitative estimate of drug-likeness (QED) is 0.839. The molecule has 1 N–H and O–H groups in total. The molecule has 2 aromatic rings. The summed E-state index contributed by atoms with van der Waals surface area (Å²) < 4.78 is 9.94. The van der Waals surface area contributed by atoms with Gasteiger partial charge in [0.25, 0.3) is 0 Å². The van der Waals surface area contributed by atoms with Crippen molar-refractivity contribution in [3.63, 3.8) is 0 Å². The van der Waals surface area contributed by atoms with Crippen LogP contribution in [0.15, 0.2) is 53.1 Å². The van der Waals surface area contributed by atoms with E-state index in [1.54, 1.807) is 24.3 Å². The molecule has 0 spiro atoms. The van der Waals surface area contributed by atoms with Gasteiger partial charge in [-0.15, -0.1) is 0 Å². The minimum atomic E-state index is -1.32. The maximum atomic E-state index is 11.3. The first-order valence-electron chi connectivity index (χ1n) is 6.05. The van der Waals surface area contributed by atoms with Crippen LogP contribution in [0, 0.1) is 0 Å². The van der Waals surface area contributed by atoms with Crippen molar-refractivity contribution in [2.45, 2.75) is 18.4 Å². The fourth-order valence-electron chi connectivity index (χ4n) is 2.02. The first kappa shape index (κ1) is 13.4. The average Bonchev–Trinajstić information content (AvgIpc) is 3.00. The number of benzene rings is 1. The molecule has 100 valence electrons. The molecule has 1 aromatic heterocycles. The van der Waals surface area contributed by atoms with E-state index in [0.717, 1.165) is 0 Å². The lowest BCUT2D eigenvalue weighted by Crippen LogP contribution is -2.27. The smallest absolute Gasteiger partial charge is 0.305 e. The molecular weight excluding hydrogens is 244 g/mol. The second-order valence-corrected chi connectivity index (χ2v) is 4.28. The zero-order chi connectivity index (χ0) is 13.7. The van der Waals surface area contributed by atoms with Gasteiger partial charge >= 0.3 is 5.97 Å². The van der Waals surface area contributed by atoms with E-state index in [-0.39, 0.29) is 18.8 Å². The van der Waals surface area contributed by atoms with Crippen molar-refractivity contribution in [2.24, 2.45) is 0 Å². The van der Waals surface area contributed by atoms with Crippen LogP contribution >= 0.6 is 0 Å². The van der Waals surface area contributed by atoms with Crippen molar-refractivity contribution < 1.29 is 19.1 Å². The lowest BCUT2D eigenvalue weighted by atomic mass is 9.87. The molecule has 0 aliphatic carbocycles. The minimum absolute atomic E-state index is 0.114. The molecular formula is C15H16O4. The summed E-state index contributed by atoms with van der Waals surface area (Å²) >= 11 is 0. The Balaban J connectivity index is 2.31. The highest BCUT2D eigenvalue weighted by atomic mass is 16.5. The molecule has 0 radical (unpaired) electrons. The minimum Gasteiger partial charge on any atom is -0.469 e. The number of esters is 1. The second-order valence-electron chi connectivity index (χ2n) is 4.28. The van der Waals surface area contributed by atoms with Crippen molar-refractivity contribution in [1.29, 1.82) is 0 Å². The third-order valence-corrected chi connectivity index (χ3v) is 3.10. The highest BCUT2D eigenvalue weighted by Gasteiger charge is 2.34. The maximum absolute atomic E-state index is 11.3. The fraction of sp³-hybridized carbons (Fsp3) is 0.267. The lowest BCUT2D eigenvalue weighted by Gasteiger charge is -2.26. The van der Waals surface area contributed by atoms with E-state index in [2.05, 4.69) is 4.74 Å². The molecule has 1 aromatic carbocycles. The van der Waals surface area contributed by atoms with Gasteiger partial charge in [0.2, 0.25) is 0 Å². The molecule has 0 fully saturated rings. The first-order chi connectivity index (χ1) is 9.16. The van der Waals surface area contributed by atoms with E-state index in [1.807, 2.05) is 18.2 Å². The Morgan fingerprint density at radius 1 is 1.26 bits per heavy atom. The van der Waals surface area contributed by atoms with Gasteiger partial charge < -0.3 is 14.3 Å². The molecule has 0 bridgehead atoms. The van der Waals surface area contributed by atoms with Gasteiger partial charge in [0, 0.05) is 6.42 Å². The Hall–Kier alpha value is -2.07. The van der Waals surface area contributed by atoms with Crippen LogP contribution in [0.4, 0.5) is 0 Å². The molecule has 1 unspecified atom stereocenters. The van der Waals surface area contributed by atoms with Crippen molar-refractivity contribution in [3.8, 4) is 0 Å². The molecule has 0 aliphatic heterocycles. The van der Waals surface area contributed by atoms with Crippen LogP contribution in [0.2, 0.25) is 0 Å².